The van der Waals surface area contributed by atoms with Crippen LogP contribution in [0.4, 0.5) is 0 Å². The van der Waals surface area contributed by atoms with E-state index < -0.39 is 0 Å². The van der Waals surface area contributed by atoms with Crippen LogP contribution >= 0.6 is 0 Å². The Morgan fingerprint density at radius 2 is 1.46 bits per heavy atom. The molecule has 1 aliphatic heterocycles. The number of carbonyl (C=O) groups excluding carboxylic acids is 2. The smallest absolute Gasteiger partial charge is 0.261 e. The molecular formula is C29H27N3O5. The SMILES string of the molecule is COc1ccc(CCn2c(CCc3ccc4c(c3)C(=O)N(C)C4=O)nc3ccccc3c2=O)cc1OC. The van der Waals surface area contributed by atoms with Crippen LogP contribution in [0.15, 0.2) is 65.5 Å². The third-order valence-corrected chi connectivity index (χ3v) is 6.80. The summed E-state index contributed by atoms with van der Waals surface area (Å²) in [5, 5.41) is 0.572. The summed E-state index contributed by atoms with van der Waals surface area (Å²) in [5.74, 6) is 1.38. The van der Waals surface area contributed by atoms with E-state index in [1.807, 2.05) is 42.5 Å². The third-order valence-electron chi connectivity index (χ3n) is 6.80. The Morgan fingerprint density at radius 1 is 0.757 bits per heavy atom. The van der Waals surface area contributed by atoms with Crippen molar-refractivity contribution >= 4 is 22.7 Å². The molecule has 0 aliphatic carbocycles. The highest BCUT2D eigenvalue weighted by Gasteiger charge is 2.32. The third kappa shape index (κ3) is 4.46. The second-order valence-corrected chi connectivity index (χ2v) is 8.99. The van der Waals surface area contributed by atoms with Gasteiger partial charge >= 0.3 is 0 Å². The Bertz CT molecular complexity index is 1590. The van der Waals surface area contributed by atoms with Crippen molar-refractivity contribution < 1.29 is 19.1 Å². The summed E-state index contributed by atoms with van der Waals surface area (Å²) in [7, 11) is 4.68. The largest absolute Gasteiger partial charge is 0.493 e. The van der Waals surface area contributed by atoms with E-state index in [2.05, 4.69) is 0 Å². The molecule has 1 aliphatic rings. The molecule has 0 unspecified atom stereocenters. The van der Waals surface area contributed by atoms with Gasteiger partial charge in [0.2, 0.25) is 0 Å². The van der Waals surface area contributed by atoms with Crippen LogP contribution in [-0.2, 0) is 25.8 Å². The maximum atomic E-state index is 13.5. The van der Waals surface area contributed by atoms with Gasteiger partial charge in [-0.3, -0.25) is 23.9 Å². The summed E-state index contributed by atoms with van der Waals surface area (Å²) in [6.07, 6.45) is 1.68. The van der Waals surface area contributed by atoms with Gasteiger partial charge in [-0.25, -0.2) is 4.98 Å². The van der Waals surface area contributed by atoms with Gasteiger partial charge in [-0.15, -0.1) is 0 Å². The number of nitrogens with zero attached hydrogens (tertiary/aromatic N) is 3. The molecule has 2 heterocycles. The number of amides is 2. The molecule has 0 fully saturated rings. The number of hydrogen-bond donors (Lipinski definition) is 0. The minimum atomic E-state index is -0.294. The molecule has 0 spiro atoms. The Hall–Kier alpha value is -4.46. The van der Waals surface area contributed by atoms with E-state index in [-0.39, 0.29) is 17.4 Å². The summed E-state index contributed by atoms with van der Waals surface area (Å²) >= 11 is 0. The molecule has 8 nitrogen and oxygen atoms in total. The van der Waals surface area contributed by atoms with Gasteiger partial charge in [0.15, 0.2) is 11.5 Å². The van der Waals surface area contributed by atoms with Crippen LogP contribution < -0.4 is 15.0 Å². The van der Waals surface area contributed by atoms with E-state index >= 15 is 0 Å². The van der Waals surface area contributed by atoms with E-state index in [4.69, 9.17) is 14.5 Å². The summed E-state index contributed by atoms with van der Waals surface area (Å²) < 4.78 is 12.5. The molecule has 0 bridgehead atoms. The molecule has 0 saturated carbocycles. The zero-order valence-corrected chi connectivity index (χ0v) is 21.0. The number of ether oxygens (including phenoxy) is 2. The van der Waals surface area contributed by atoms with Gasteiger partial charge in [-0.1, -0.05) is 24.3 Å². The van der Waals surface area contributed by atoms with Crippen LogP contribution in [0, 0.1) is 0 Å². The van der Waals surface area contributed by atoms with Crippen LogP contribution in [-0.4, -0.2) is 47.5 Å². The fourth-order valence-corrected chi connectivity index (χ4v) is 4.73. The molecule has 2 amide bonds. The molecule has 8 heteroatoms. The van der Waals surface area contributed by atoms with Crippen LogP contribution in [0.5, 0.6) is 11.5 Å². The first-order valence-corrected chi connectivity index (χ1v) is 12.1. The van der Waals surface area contributed by atoms with Crippen molar-refractivity contribution in [3.63, 3.8) is 0 Å². The van der Waals surface area contributed by atoms with E-state index in [0.29, 0.717) is 65.2 Å². The molecule has 3 aromatic carbocycles. The monoisotopic (exact) mass is 497 g/mol. The van der Waals surface area contributed by atoms with E-state index in [1.54, 1.807) is 37.0 Å². The lowest BCUT2D eigenvalue weighted by atomic mass is 10.0. The number of aromatic nitrogens is 2. The number of hydrogen-bond acceptors (Lipinski definition) is 6. The number of imide groups is 1. The minimum Gasteiger partial charge on any atom is -0.493 e. The molecule has 0 saturated heterocycles. The zero-order chi connectivity index (χ0) is 26.1. The van der Waals surface area contributed by atoms with Gasteiger partial charge in [-0.2, -0.15) is 0 Å². The van der Waals surface area contributed by atoms with Crippen molar-refractivity contribution in [3.05, 3.63) is 99.1 Å². The lowest BCUT2D eigenvalue weighted by molar-refractivity contribution is 0.0693. The molecule has 37 heavy (non-hydrogen) atoms. The molecule has 1 aromatic heterocycles. The normalized spacial score (nSPS) is 12.8. The highest BCUT2D eigenvalue weighted by molar-refractivity contribution is 6.21. The molecule has 0 atom stereocenters. The van der Waals surface area contributed by atoms with Crippen molar-refractivity contribution in [1.29, 1.82) is 0 Å². The first-order valence-electron chi connectivity index (χ1n) is 12.1. The number of aryl methyl sites for hydroxylation is 3. The summed E-state index contributed by atoms with van der Waals surface area (Å²) in [4.78, 5) is 44.0. The van der Waals surface area contributed by atoms with Gasteiger partial charge in [0.25, 0.3) is 17.4 Å². The van der Waals surface area contributed by atoms with Crippen LogP contribution in [0.1, 0.15) is 37.7 Å². The van der Waals surface area contributed by atoms with Gasteiger partial charge in [0.05, 0.1) is 36.2 Å². The van der Waals surface area contributed by atoms with Gasteiger partial charge in [0, 0.05) is 20.0 Å². The molecule has 5 rings (SSSR count). The molecule has 4 aromatic rings. The lowest BCUT2D eigenvalue weighted by Crippen LogP contribution is -2.26. The quantitative estimate of drug-likeness (QED) is 0.345. The van der Waals surface area contributed by atoms with Gasteiger partial charge in [0.1, 0.15) is 5.82 Å². The van der Waals surface area contributed by atoms with E-state index in [9.17, 15) is 14.4 Å². The van der Waals surface area contributed by atoms with Crippen LogP contribution in [0.2, 0.25) is 0 Å². The standard InChI is InChI=1S/C29H27N3O5/c1-31-27(33)20-11-8-18(16-22(20)28(31)34)10-13-26-30-23-7-5-4-6-21(23)29(35)32(26)15-14-19-9-12-24(36-2)25(17-19)37-3/h4-9,11-12,16-17H,10,13-15H2,1-3H3. The second kappa shape index (κ2) is 9.89. The number of para-hydroxylation sites is 1. The number of fused-ring (bicyclic) bond motifs is 2. The summed E-state index contributed by atoms with van der Waals surface area (Å²) in [6.45, 7) is 0.448. The number of carbonyl (C=O) groups is 2. The van der Waals surface area contributed by atoms with Crippen molar-refractivity contribution in [2.45, 2.75) is 25.8 Å². The number of rotatable bonds is 8. The Labute approximate surface area is 214 Å². The van der Waals surface area contributed by atoms with Gasteiger partial charge < -0.3 is 9.47 Å². The first kappa shape index (κ1) is 24.2. The van der Waals surface area contributed by atoms with Crippen molar-refractivity contribution in [3.8, 4) is 11.5 Å². The predicted octanol–water partition coefficient (Wildman–Crippen LogP) is 3.67. The summed E-state index contributed by atoms with van der Waals surface area (Å²) in [5.41, 5.74) is 3.33. The fraction of sp³-hybridized carbons (Fsp3) is 0.241. The topological polar surface area (TPSA) is 90.7 Å². The second-order valence-electron chi connectivity index (χ2n) is 8.99. The Kier molecular flexibility index (Phi) is 6.48. The first-order chi connectivity index (χ1) is 17.9. The van der Waals surface area contributed by atoms with Crippen molar-refractivity contribution in [1.82, 2.24) is 14.5 Å². The molecule has 0 radical (unpaired) electrons. The van der Waals surface area contributed by atoms with E-state index in [0.717, 1.165) is 16.0 Å². The van der Waals surface area contributed by atoms with Crippen LogP contribution in [0.25, 0.3) is 10.9 Å². The average Bonchev–Trinajstić information content (AvgIpc) is 3.14. The highest BCUT2D eigenvalue weighted by Crippen LogP contribution is 2.28. The number of methoxy groups -OCH3 is 2. The van der Waals surface area contributed by atoms with Crippen molar-refractivity contribution in [2.75, 3.05) is 21.3 Å². The average molecular weight is 498 g/mol. The lowest BCUT2D eigenvalue weighted by Gasteiger charge is -2.15. The fourth-order valence-electron chi connectivity index (χ4n) is 4.73. The number of benzene rings is 3. The van der Waals surface area contributed by atoms with Crippen molar-refractivity contribution in [2.24, 2.45) is 0 Å². The minimum absolute atomic E-state index is 0.0857. The van der Waals surface area contributed by atoms with Gasteiger partial charge in [-0.05, 0) is 60.4 Å². The molecular weight excluding hydrogens is 470 g/mol. The highest BCUT2D eigenvalue weighted by atomic mass is 16.5. The predicted molar refractivity (Wildman–Crippen MR) is 140 cm³/mol. The molecule has 188 valence electrons. The maximum Gasteiger partial charge on any atom is 0.261 e. The maximum absolute atomic E-state index is 13.5. The Morgan fingerprint density at radius 3 is 2.24 bits per heavy atom. The van der Waals surface area contributed by atoms with Crippen LogP contribution in [0.3, 0.4) is 0 Å². The Balaban J connectivity index is 1.44. The summed E-state index contributed by atoms with van der Waals surface area (Å²) in [6, 6.07) is 18.4. The zero-order valence-electron chi connectivity index (χ0n) is 21.0. The molecule has 0 N–H and O–H groups in total. The van der Waals surface area contributed by atoms with E-state index in [1.165, 1.54) is 7.05 Å².